The second-order valence-electron chi connectivity index (χ2n) is 7.30. The summed E-state index contributed by atoms with van der Waals surface area (Å²) in [5, 5.41) is 2.88. The number of hydrogen-bond donors (Lipinski definition) is 1. The topological polar surface area (TPSA) is 66.5 Å². The minimum absolute atomic E-state index is 0.108. The number of allylic oxidation sites excluding steroid dienone is 1. The van der Waals surface area contributed by atoms with Crippen LogP contribution in [0, 0.1) is 0 Å². The number of carbonyl (C=O) groups is 1. The summed E-state index contributed by atoms with van der Waals surface area (Å²) in [5.74, 6) is -0.108. The largest absolute Gasteiger partial charge is 0.321 e. The number of amides is 1. The third-order valence-corrected chi connectivity index (χ3v) is 7.54. The minimum atomic E-state index is -3.67. The van der Waals surface area contributed by atoms with E-state index >= 15 is 0 Å². The van der Waals surface area contributed by atoms with E-state index in [1.165, 1.54) is 4.31 Å². The maximum absolute atomic E-state index is 13.3. The van der Waals surface area contributed by atoms with Crippen LogP contribution in [-0.4, -0.2) is 20.9 Å². The minimum Gasteiger partial charge on any atom is -0.321 e. The Labute approximate surface area is 158 Å². The Balaban J connectivity index is 1.60. The van der Waals surface area contributed by atoms with Gasteiger partial charge in [0.15, 0.2) is 0 Å². The fourth-order valence-electron chi connectivity index (χ4n) is 4.39. The molecule has 5 nitrogen and oxygen atoms in total. The summed E-state index contributed by atoms with van der Waals surface area (Å²) < 4.78 is 28.1. The van der Waals surface area contributed by atoms with E-state index in [9.17, 15) is 13.2 Å². The first kappa shape index (κ1) is 16.6. The molecule has 1 fully saturated rings. The second-order valence-corrected chi connectivity index (χ2v) is 9.17. The van der Waals surface area contributed by atoms with Crippen LogP contribution in [0.25, 0.3) is 5.57 Å². The molecule has 0 bridgehead atoms. The van der Waals surface area contributed by atoms with Crippen molar-refractivity contribution in [2.45, 2.75) is 37.0 Å². The summed E-state index contributed by atoms with van der Waals surface area (Å²) in [7, 11) is -3.67. The molecule has 0 saturated heterocycles. The summed E-state index contributed by atoms with van der Waals surface area (Å²) >= 11 is 0. The van der Waals surface area contributed by atoms with E-state index in [1.807, 2.05) is 24.3 Å². The number of para-hydroxylation sites is 1. The lowest BCUT2D eigenvalue weighted by molar-refractivity contribution is -0.110. The molecular formula is C21H20N2O3S. The Morgan fingerprint density at radius 3 is 2.56 bits per heavy atom. The third-order valence-electron chi connectivity index (χ3n) is 5.73. The van der Waals surface area contributed by atoms with E-state index in [1.54, 1.807) is 18.2 Å². The highest BCUT2D eigenvalue weighted by Crippen LogP contribution is 2.41. The van der Waals surface area contributed by atoms with Crippen molar-refractivity contribution < 1.29 is 13.2 Å². The summed E-state index contributed by atoms with van der Waals surface area (Å²) in [6.45, 7) is 0.448. The molecule has 138 valence electrons. The lowest BCUT2D eigenvalue weighted by Crippen LogP contribution is -2.29. The molecule has 0 radical (unpaired) electrons. The van der Waals surface area contributed by atoms with E-state index in [0.29, 0.717) is 17.8 Å². The van der Waals surface area contributed by atoms with E-state index in [4.69, 9.17) is 0 Å². The summed E-state index contributed by atoms with van der Waals surface area (Å²) in [6.07, 6.45) is 4.72. The highest BCUT2D eigenvalue weighted by Gasteiger charge is 2.34. The van der Waals surface area contributed by atoms with Gasteiger partial charge < -0.3 is 5.32 Å². The molecule has 0 unspecified atom stereocenters. The van der Waals surface area contributed by atoms with Gasteiger partial charge in [0.2, 0.25) is 0 Å². The number of sulfonamides is 1. The average Bonchev–Trinajstić information content (AvgIpc) is 3.38. The molecule has 1 N–H and O–H groups in total. The summed E-state index contributed by atoms with van der Waals surface area (Å²) in [4.78, 5) is 12.7. The number of hydrogen-bond acceptors (Lipinski definition) is 3. The van der Waals surface area contributed by atoms with Crippen molar-refractivity contribution >= 4 is 32.9 Å². The van der Waals surface area contributed by atoms with Crippen LogP contribution in [0.4, 0.5) is 11.4 Å². The smallest absolute Gasteiger partial charge is 0.264 e. The molecule has 1 amide bonds. The lowest BCUT2D eigenvalue weighted by atomic mass is 10.00. The van der Waals surface area contributed by atoms with Gasteiger partial charge in [0, 0.05) is 23.4 Å². The van der Waals surface area contributed by atoms with E-state index in [-0.39, 0.29) is 10.8 Å². The van der Waals surface area contributed by atoms with Crippen molar-refractivity contribution in [3.63, 3.8) is 0 Å². The van der Waals surface area contributed by atoms with E-state index in [0.717, 1.165) is 54.5 Å². The second kappa shape index (κ2) is 5.96. The molecular weight excluding hydrogens is 360 g/mol. The highest BCUT2D eigenvalue weighted by molar-refractivity contribution is 7.92. The van der Waals surface area contributed by atoms with Gasteiger partial charge in [0.25, 0.3) is 15.9 Å². The summed E-state index contributed by atoms with van der Waals surface area (Å²) in [5.41, 5.74) is 5.06. The van der Waals surface area contributed by atoms with Crippen LogP contribution in [0.2, 0.25) is 0 Å². The van der Waals surface area contributed by atoms with Gasteiger partial charge in [-0.3, -0.25) is 9.10 Å². The van der Waals surface area contributed by atoms with E-state index in [2.05, 4.69) is 5.32 Å². The zero-order chi connectivity index (χ0) is 18.6. The predicted molar refractivity (Wildman–Crippen MR) is 105 cm³/mol. The van der Waals surface area contributed by atoms with Gasteiger partial charge >= 0.3 is 0 Å². The van der Waals surface area contributed by atoms with Crippen molar-refractivity contribution in [3.8, 4) is 0 Å². The number of fused-ring (bicyclic) bond motifs is 2. The van der Waals surface area contributed by atoms with Crippen LogP contribution >= 0.6 is 0 Å². The summed E-state index contributed by atoms with van der Waals surface area (Å²) in [6, 6.07) is 12.6. The molecule has 2 heterocycles. The first-order chi connectivity index (χ1) is 13.1. The number of benzene rings is 2. The van der Waals surface area contributed by atoms with Gasteiger partial charge in [-0.25, -0.2) is 8.42 Å². The zero-order valence-electron chi connectivity index (χ0n) is 14.9. The lowest BCUT2D eigenvalue weighted by Gasteiger charge is -2.20. The maximum Gasteiger partial charge on any atom is 0.264 e. The Morgan fingerprint density at radius 1 is 0.963 bits per heavy atom. The van der Waals surface area contributed by atoms with Crippen LogP contribution < -0.4 is 9.62 Å². The van der Waals surface area contributed by atoms with Crippen molar-refractivity contribution in [2.75, 3.05) is 16.2 Å². The molecule has 6 heteroatoms. The molecule has 5 rings (SSSR count). The number of nitrogens with zero attached hydrogens (tertiary/aromatic N) is 1. The van der Waals surface area contributed by atoms with Crippen molar-refractivity contribution in [1.29, 1.82) is 0 Å². The molecule has 27 heavy (non-hydrogen) atoms. The van der Waals surface area contributed by atoms with Gasteiger partial charge in [0.1, 0.15) is 0 Å². The van der Waals surface area contributed by atoms with Crippen LogP contribution in [0.3, 0.4) is 0 Å². The van der Waals surface area contributed by atoms with Crippen molar-refractivity contribution in [3.05, 3.63) is 59.2 Å². The predicted octanol–water partition coefficient (Wildman–Crippen LogP) is 3.72. The van der Waals surface area contributed by atoms with Crippen LogP contribution in [0.5, 0.6) is 0 Å². The van der Waals surface area contributed by atoms with Crippen LogP contribution in [-0.2, 0) is 21.2 Å². The highest BCUT2D eigenvalue weighted by atomic mass is 32.2. The molecule has 1 aliphatic carbocycles. The van der Waals surface area contributed by atoms with Crippen LogP contribution in [0.15, 0.2) is 52.9 Å². The molecule has 1 saturated carbocycles. The fraction of sp³-hybridized carbons (Fsp3) is 0.286. The Hall–Kier alpha value is -2.60. The quantitative estimate of drug-likeness (QED) is 0.808. The van der Waals surface area contributed by atoms with Crippen molar-refractivity contribution in [2.24, 2.45) is 0 Å². The molecule has 0 spiro atoms. The number of rotatable bonds is 2. The zero-order valence-corrected chi connectivity index (χ0v) is 15.7. The third kappa shape index (κ3) is 2.51. The van der Waals surface area contributed by atoms with Crippen molar-refractivity contribution in [1.82, 2.24) is 0 Å². The van der Waals surface area contributed by atoms with E-state index < -0.39 is 10.0 Å². The number of nitrogens with one attached hydrogen (secondary N) is 1. The molecule has 0 aromatic heterocycles. The molecule has 2 aromatic carbocycles. The number of anilines is 2. The monoisotopic (exact) mass is 380 g/mol. The molecule has 0 atom stereocenters. The average molecular weight is 380 g/mol. The Bertz CT molecular complexity index is 1090. The molecule has 2 aliphatic heterocycles. The van der Waals surface area contributed by atoms with Gasteiger partial charge in [-0.2, -0.15) is 0 Å². The Morgan fingerprint density at radius 2 is 1.74 bits per heavy atom. The van der Waals surface area contributed by atoms with Gasteiger partial charge in [0.05, 0.1) is 10.6 Å². The number of carbonyl (C=O) groups excluding carboxylic acids is 1. The van der Waals surface area contributed by atoms with Gasteiger partial charge in [-0.15, -0.1) is 0 Å². The Kier molecular flexibility index (Phi) is 3.65. The first-order valence-corrected chi connectivity index (χ1v) is 10.8. The van der Waals surface area contributed by atoms with Gasteiger partial charge in [-0.1, -0.05) is 23.8 Å². The SMILES string of the molecule is O=C1Nc2ccc(S(=O)(=O)N3CCc4ccccc43)cc2C1=C1CCCC1. The van der Waals surface area contributed by atoms with Gasteiger partial charge in [-0.05, 0) is 61.9 Å². The molecule has 3 aliphatic rings. The normalized spacial score (nSPS) is 18.7. The standard InChI is InChI=1S/C21H20N2O3S/c24-21-20(15-6-1-2-7-15)17-13-16(9-10-18(17)22-21)27(25,26)23-12-11-14-5-3-4-8-19(14)23/h3-5,8-10,13H,1-2,6-7,11-12H2,(H,22,24). The first-order valence-electron chi connectivity index (χ1n) is 9.34. The fourth-order valence-corrected chi connectivity index (χ4v) is 5.92. The van der Waals surface area contributed by atoms with Crippen LogP contribution in [0.1, 0.15) is 36.8 Å². The molecule has 2 aromatic rings. The maximum atomic E-state index is 13.3.